The van der Waals surface area contributed by atoms with E-state index >= 15 is 0 Å². The minimum atomic E-state index is -1.39. The van der Waals surface area contributed by atoms with E-state index in [4.69, 9.17) is 15.2 Å². The molecule has 2 unspecified atom stereocenters. The van der Waals surface area contributed by atoms with Gasteiger partial charge < -0.3 is 20.3 Å². The van der Waals surface area contributed by atoms with Crippen LogP contribution < -0.4 is 10.5 Å². The number of ether oxygens (including phenoxy) is 2. The van der Waals surface area contributed by atoms with Crippen LogP contribution in [0.15, 0.2) is 30.0 Å². The summed E-state index contributed by atoms with van der Waals surface area (Å²) in [5, 5.41) is 11.1. The zero-order chi connectivity index (χ0) is 17.7. The van der Waals surface area contributed by atoms with Gasteiger partial charge in [-0.25, -0.2) is 0 Å². The molecule has 24 heavy (non-hydrogen) atoms. The molecule has 0 saturated carbocycles. The van der Waals surface area contributed by atoms with Crippen molar-refractivity contribution in [2.24, 2.45) is 5.73 Å². The largest absolute Gasteiger partial charge is 0.487 e. The van der Waals surface area contributed by atoms with Gasteiger partial charge in [-0.15, -0.1) is 0 Å². The first-order valence-electron chi connectivity index (χ1n) is 7.87. The molecule has 0 aromatic heterocycles. The maximum absolute atomic E-state index is 11.5. The molecular weight excluding hydrogens is 310 g/mol. The number of ketones is 1. The highest BCUT2D eigenvalue weighted by molar-refractivity contribution is 5.93. The second-order valence-electron chi connectivity index (χ2n) is 6.95. The highest BCUT2D eigenvalue weighted by atomic mass is 16.6. The van der Waals surface area contributed by atoms with Gasteiger partial charge in [-0.3, -0.25) is 9.59 Å². The number of allylic oxidation sites excluding steroid dienone is 2. The Balaban J connectivity index is 2.09. The van der Waals surface area contributed by atoms with Gasteiger partial charge in [0, 0.05) is 30.0 Å². The van der Waals surface area contributed by atoms with Gasteiger partial charge in [0.05, 0.1) is 0 Å². The van der Waals surface area contributed by atoms with Crippen molar-refractivity contribution in [1.82, 2.24) is 0 Å². The molecule has 128 valence electrons. The van der Waals surface area contributed by atoms with Crippen LogP contribution in [0.25, 0.3) is 0 Å². The van der Waals surface area contributed by atoms with Crippen molar-refractivity contribution in [3.05, 3.63) is 41.2 Å². The number of carbonyl (C=O) groups is 2. The summed E-state index contributed by atoms with van der Waals surface area (Å²) in [5.74, 6) is 0.475. The minimum Gasteiger partial charge on any atom is -0.487 e. The van der Waals surface area contributed by atoms with Crippen molar-refractivity contribution < 1.29 is 24.2 Å². The molecule has 1 amide bonds. The molecule has 0 radical (unpaired) electrons. The van der Waals surface area contributed by atoms with Crippen molar-refractivity contribution in [3.8, 4) is 5.75 Å². The van der Waals surface area contributed by atoms with E-state index in [1.165, 1.54) is 6.08 Å². The SMILES string of the molecule is CC1(C)Oc2ccc(C(N)=O)cc2C(OC2=CC(=O)CC2)C1(C)O. The van der Waals surface area contributed by atoms with E-state index in [0.29, 0.717) is 35.5 Å². The summed E-state index contributed by atoms with van der Waals surface area (Å²) in [6.45, 7) is 5.15. The van der Waals surface area contributed by atoms with Gasteiger partial charge in [-0.05, 0) is 39.0 Å². The Bertz CT molecular complexity index is 748. The lowest BCUT2D eigenvalue weighted by Crippen LogP contribution is -2.58. The van der Waals surface area contributed by atoms with E-state index in [1.807, 2.05) is 0 Å². The number of benzene rings is 1. The molecule has 0 spiro atoms. The Labute approximate surface area is 140 Å². The van der Waals surface area contributed by atoms with E-state index < -0.39 is 23.2 Å². The molecule has 6 nitrogen and oxygen atoms in total. The van der Waals surface area contributed by atoms with Gasteiger partial charge in [-0.2, -0.15) is 0 Å². The number of nitrogens with two attached hydrogens (primary N) is 1. The fourth-order valence-corrected chi connectivity index (χ4v) is 2.99. The van der Waals surface area contributed by atoms with Crippen molar-refractivity contribution in [2.45, 2.75) is 50.9 Å². The van der Waals surface area contributed by atoms with Gasteiger partial charge in [0.1, 0.15) is 22.7 Å². The molecule has 6 heteroatoms. The fourth-order valence-electron chi connectivity index (χ4n) is 2.99. The lowest BCUT2D eigenvalue weighted by atomic mass is 9.76. The smallest absolute Gasteiger partial charge is 0.248 e. The summed E-state index contributed by atoms with van der Waals surface area (Å²) in [7, 11) is 0. The van der Waals surface area contributed by atoms with Crippen LogP contribution in [0.1, 0.15) is 55.6 Å². The number of rotatable bonds is 3. The second kappa shape index (κ2) is 5.34. The average molecular weight is 331 g/mol. The van der Waals surface area contributed by atoms with Crippen molar-refractivity contribution in [2.75, 3.05) is 0 Å². The molecular formula is C18H21NO5. The Kier molecular flexibility index (Phi) is 3.68. The van der Waals surface area contributed by atoms with Crippen LogP contribution in [-0.4, -0.2) is 28.0 Å². The van der Waals surface area contributed by atoms with Crippen LogP contribution in [0, 0.1) is 0 Å². The third kappa shape index (κ3) is 2.57. The topological polar surface area (TPSA) is 98.9 Å². The Morgan fingerprint density at radius 2 is 2.04 bits per heavy atom. The normalized spacial score (nSPS) is 27.9. The lowest BCUT2D eigenvalue weighted by Gasteiger charge is -2.49. The highest BCUT2D eigenvalue weighted by Crippen LogP contribution is 2.49. The van der Waals surface area contributed by atoms with Crippen LogP contribution in [0.2, 0.25) is 0 Å². The van der Waals surface area contributed by atoms with E-state index in [0.717, 1.165) is 0 Å². The lowest BCUT2D eigenvalue weighted by molar-refractivity contribution is -0.188. The van der Waals surface area contributed by atoms with E-state index in [1.54, 1.807) is 39.0 Å². The quantitative estimate of drug-likeness (QED) is 0.883. The molecule has 1 aromatic carbocycles. The fraction of sp³-hybridized carbons (Fsp3) is 0.444. The number of fused-ring (bicyclic) bond motifs is 1. The summed E-state index contributed by atoms with van der Waals surface area (Å²) in [6, 6.07) is 4.80. The van der Waals surface area contributed by atoms with Gasteiger partial charge in [0.25, 0.3) is 0 Å². The monoisotopic (exact) mass is 331 g/mol. The number of aliphatic hydroxyl groups is 1. The molecule has 3 N–H and O–H groups in total. The first-order chi connectivity index (χ1) is 11.1. The van der Waals surface area contributed by atoms with Crippen molar-refractivity contribution in [3.63, 3.8) is 0 Å². The number of hydrogen-bond donors (Lipinski definition) is 2. The summed E-state index contributed by atoms with van der Waals surface area (Å²) < 4.78 is 11.9. The molecule has 2 aliphatic rings. The zero-order valence-corrected chi connectivity index (χ0v) is 14.0. The Hall–Kier alpha value is -2.34. The molecule has 3 rings (SSSR count). The first kappa shape index (κ1) is 16.5. The van der Waals surface area contributed by atoms with E-state index in [-0.39, 0.29) is 5.78 Å². The van der Waals surface area contributed by atoms with E-state index in [2.05, 4.69) is 0 Å². The molecule has 1 heterocycles. The molecule has 1 aliphatic carbocycles. The average Bonchev–Trinajstić information content (AvgIpc) is 2.89. The molecule has 0 saturated heterocycles. The number of primary amides is 1. The van der Waals surface area contributed by atoms with Crippen LogP contribution in [-0.2, 0) is 9.53 Å². The predicted molar refractivity (Wildman–Crippen MR) is 86.4 cm³/mol. The van der Waals surface area contributed by atoms with Gasteiger partial charge in [0.2, 0.25) is 5.91 Å². The third-order valence-corrected chi connectivity index (χ3v) is 4.88. The zero-order valence-electron chi connectivity index (χ0n) is 14.0. The van der Waals surface area contributed by atoms with Crippen LogP contribution in [0.4, 0.5) is 0 Å². The van der Waals surface area contributed by atoms with Crippen LogP contribution >= 0.6 is 0 Å². The maximum atomic E-state index is 11.5. The van der Waals surface area contributed by atoms with Gasteiger partial charge >= 0.3 is 0 Å². The van der Waals surface area contributed by atoms with Crippen LogP contribution in [0.5, 0.6) is 5.75 Å². The first-order valence-corrected chi connectivity index (χ1v) is 7.87. The molecule has 2 atom stereocenters. The predicted octanol–water partition coefficient (Wildman–Crippen LogP) is 2.01. The summed E-state index contributed by atoms with van der Waals surface area (Å²) in [4.78, 5) is 23.0. The van der Waals surface area contributed by atoms with E-state index in [9.17, 15) is 14.7 Å². The second-order valence-corrected chi connectivity index (χ2v) is 6.95. The Morgan fingerprint density at radius 3 is 2.62 bits per heavy atom. The minimum absolute atomic E-state index is 0.00192. The molecule has 0 bridgehead atoms. The standard InChI is InChI=1S/C18H21NO5/c1-17(2)18(3,22)15(23-12-6-5-11(20)9-12)13-8-10(16(19)21)4-7-14(13)24-17/h4,7-9,15,22H,5-6H2,1-3H3,(H2,19,21). The highest BCUT2D eigenvalue weighted by Gasteiger charge is 2.54. The van der Waals surface area contributed by atoms with Crippen molar-refractivity contribution >= 4 is 11.7 Å². The summed E-state index contributed by atoms with van der Waals surface area (Å²) in [6.07, 6.45) is 1.57. The molecule has 1 aromatic rings. The molecule has 0 fully saturated rings. The van der Waals surface area contributed by atoms with Crippen LogP contribution in [0.3, 0.4) is 0 Å². The van der Waals surface area contributed by atoms with Crippen molar-refractivity contribution in [1.29, 1.82) is 0 Å². The van der Waals surface area contributed by atoms with Gasteiger partial charge in [0.15, 0.2) is 11.9 Å². The third-order valence-electron chi connectivity index (χ3n) is 4.88. The summed E-state index contributed by atoms with van der Waals surface area (Å²) in [5.41, 5.74) is 3.88. The number of amides is 1. The number of hydrogen-bond acceptors (Lipinski definition) is 5. The summed E-state index contributed by atoms with van der Waals surface area (Å²) >= 11 is 0. The maximum Gasteiger partial charge on any atom is 0.248 e. The van der Waals surface area contributed by atoms with Gasteiger partial charge in [-0.1, -0.05) is 0 Å². The molecule has 1 aliphatic heterocycles. The Morgan fingerprint density at radius 1 is 1.33 bits per heavy atom. The number of carbonyl (C=O) groups excluding carboxylic acids is 2.